The molecular weight excluding hydrogens is 418 g/mol. The van der Waals surface area contributed by atoms with Crippen LogP contribution in [0, 0.1) is 0 Å². The van der Waals surface area contributed by atoms with Crippen LogP contribution in [0.1, 0.15) is 49.0 Å². The average molecular weight is 446 g/mol. The van der Waals surface area contributed by atoms with Crippen LogP contribution in [0.3, 0.4) is 0 Å². The number of esters is 1. The highest BCUT2D eigenvalue weighted by Crippen LogP contribution is 2.27. The van der Waals surface area contributed by atoms with E-state index in [0.717, 1.165) is 6.42 Å². The maximum absolute atomic E-state index is 13.1. The summed E-state index contributed by atoms with van der Waals surface area (Å²) >= 11 is 0. The fourth-order valence-electron chi connectivity index (χ4n) is 3.61. The zero-order valence-corrected chi connectivity index (χ0v) is 18.6. The number of benzene rings is 2. The number of Topliss-reactive ketones (excluding diaryl/α,β-unsaturated/α-hetero) is 1. The Morgan fingerprint density at radius 2 is 1.84 bits per heavy atom. The highest BCUT2D eigenvalue weighted by molar-refractivity contribution is 7.89. The van der Waals surface area contributed by atoms with Crippen LogP contribution in [-0.4, -0.2) is 43.7 Å². The van der Waals surface area contributed by atoms with Gasteiger partial charge in [0.1, 0.15) is 18.4 Å². The Balaban J connectivity index is 1.79. The second kappa shape index (κ2) is 10.1. The number of nitrogens with zero attached hydrogens (tertiary/aromatic N) is 1. The van der Waals surface area contributed by atoms with Crippen molar-refractivity contribution in [1.82, 2.24) is 4.31 Å². The predicted octanol–water partition coefficient (Wildman–Crippen LogP) is 3.57. The van der Waals surface area contributed by atoms with Crippen molar-refractivity contribution >= 4 is 21.8 Å². The lowest BCUT2D eigenvalue weighted by atomic mass is 10.1. The first-order valence-corrected chi connectivity index (χ1v) is 11.8. The van der Waals surface area contributed by atoms with Crippen LogP contribution >= 0.6 is 0 Å². The Labute approximate surface area is 183 Å². The lowest BCUT2D eigenvalue weighted by molar-refractivity contribution is -0.150. The Bertz CT molecular complexity index is 1040. The summed E-state index contributed by atoms with van der Waals surface area (Å²) in [7, 11) is -3.81. The van der Waals surface area contributed by atoms with Gasteiger partial charge in [0.05, 0.1) is 11.5 Å². The van der Waals surface area contributed by atoms with Crippen molar-refractivity contribution in [3.8, 4) is 5.75 Å². The van der Waals surface area contributed by atoms with Crippen LogP contribution < -0.4 is 4.74 Å². The molecule has 2 aromatic carbocycles. The van der Waals surface area contributed by atoms with Crippen LogP contribution in [0.5, 0.6) is 5.75 Å². The maximum atomic E-state index is 13.1. The number of rotatable bonds is 8. The van der Waals surface area contributed by atoms with Crippen molar-refractivity contribution < 1.29 is 27.5 Å². The first kappa shape index (κ1) is 23.0. The summed E-state index contributed by atoms with van der Waals surface area (Å²) in [5.41, 5.74) is 1.05. The van der Waals surface area contributed by atoms with E-state index in [1.165, 1.54) is 23.4 Å². The predicted molar refractivity (Wildman–Crippen MR) is 115 cm³/mol. The van der Waals surface area contributed by atoms with Gasteiger partial charge in [-0.15, -0.1) is 0 Å². The number of carbonyl (C=O) groups is 2. The average Bonchev–Trinajstić information content (AvgIpc) is 2.78. The van der Waals surface area contributed by atoms with Gasteiger partial charge >= 0.3 is 5.97 Å². The minimum absolute atomic E-state index is 0.106. The van der Waals surface area contributed by atoms with Crippen molar-refractivity contribution in [3.63, 3.8) is 0 Å². The molecule has 8 heteroatoms. The number of piperidine rings is 1. The molecule has 1 saturated heterocycles. The van der Waals surface area contributed by atoms with E-state index in [9.17, 15) is 18.0 Å². The summed E-state index contributed by atoms with van der Waals surface area (Å²) < 4.78 is 38.5. The minimum atomic E-state index is -3.81. The van der Waals surface area contributed by atoms with Crippen molar-refractivity contribution in [1.29, 1.82) is 0 Å². The summed E-state index contributed by atoms with van der Waals surface area (Å²) in [6.07, 6.45) is 1.83. The lowest BCUT2D eigenvalue weighted by Gasteiger charge is -2.33. The van der Waals surface area contributed by atoms with Gasteiger partial charge in [-0.3, -0.25) is 9.59 Å². The van der Waals surface area contributed by atoms with Crippen LogP contribution in [0.25, 0.3) is 0 Å². The van der Waals surface area contributed by atoms with Gasteiger partial charge in [-0.25, -0.2) is 8.42 Å². The summed E-state index contributed by atoms with van der Waals surface area (Å²) in [6, 6.07) is 12.2. The maximum Gasteiger partial charge on any atom is 0.324 e. The third-order valence-electron chi connectivity index (χ3n) is 5.21. The third-order valence-corrected chi connectivity index (χ3v) is 7.13. The molecule has 7 nitrogen and oxygen atoms in total. The van der Waals surface area contributed by atoms with E-state index in [2.05, 4.69) is 0 Å². The van der Waals surface area contributed by atoms with Crippen LogP contribution in [0.15, 0.2) is 53.4 Å². The van der Waals surface area contributed by atoms with Crippen LogP contribution in [-0.2, 0) is 26.2 Å². The quantitative estimate of drug-likeness (QED) is 0.456. The number of hydrogen-bond donors (Lipinski definition) is 0. The molecule has 1 atom stereocenters. The molecule has 1 heterocycles. The largest absolute Gasteiger partial charge is 0.493 e. The molecule has 0 bridgehead atoms. The molecule has 166 valence electrons. The number of ketones is 1. The molecule has 1 aliphatic heterocycles. The normalized spacial score (nSPS) is 17.2. The van der Waals surface area contributed by atoms with E-state index in [1.54, 1.807) is 36.4 Å². The summed E-state index contributed by atoms with van der Waals surface area (Å²) in [5.74, 6) is -0.185. The summed E-state index contributed by atoms with van der Waals surface area (Å²) in [4.78, 5) is 24.8. The molecule has 0 N–H and O–H groups in total. The zero-order chi connectivity index (χ0) is 22.4. The minimum Gasteiger partial charge on any atom is -0.493 e. The summed E-state index contributed by atoms with van der Waals surface area (Å²) in [5, 5.41) is 0. The smallest absolute Gasteiger partial charge is 0.324 e. The molecular formula is C23H27NO6S. The second-order valence-electron chi connectivity index (χ2n) is 7.36. The highest BCUT2D eigenvalue weighted by atomic mass is 32.2. The van der Waals surface area contributed by atoms with Crippen molar-refractivity contribution in [2.24, 2.45) is 0 Å². The van der Waals surface area contributed by atoms with Crippen molar-refractivity contribution in [2.45, 2.75) is 50.7 Å². The highest BCUT2D eigenvalue weighted by Gasteiger charge is 2.38. The lowest BCUT2D eigenvalue weighted by Crippen LogP contribution is -2.48. The molecule has 2 aromatic rings. The third kappa shape index (κ3) is 5.32. The van der Waals surface area contributed by atoms with Gasteiger partial charge in [-0.05, 0) is 63.4 Å². The van der Waals surface area contributed by atoms with Gasteiger partial charge in [0.15, 0.2) is 5.78 Å². The number of ether oxygens (including phenoxy) is 2. The molecule has 0 radical (unpaired) electrons. The molecule has 1 aliphatic rings. The monoisotopic (exact) mass is 445 g/mol. The Kier molecular flexibility index (Phi) is 7.46. The molecule has 3 rings (SSSR count). The van der Waals surface area contributed by atoms with Crippen molar-refractivity contribution in [2.75, 3.05) is 13.2 Å². The zero-order valence-electron chi connectivity index (χ0n) is 17.7. The number of carbonyl (C=O) groups excluding carboxylic acids is 2. The van der Waals surface area contributed by atoms with Gasteiger partial charge in [0, 0.05) is 17.7 Å². The fourth-order valence-corrected chi connectivity index (χ4v) is 5.28. The number of hydrogen-bond acceptors (Lipinski definition) is 6. The van der Waals surface area contributed by atoms with Gasteiger partial charge in [0.25, 0.3) is 0 Å². The first-order chi connectivity index (χ1) is 14.8. The molecule has 1 unspecified atom stereocenters. The molecule has 0 aromatic heterocycles. The fraction of sp³-hybridized carbons (Fsp3) is 0.391. The topological polar surface area (TPSA) is 90.0 Å². The first-order valence-electron chi connectivity index (χ1n) is 10.3. The van der Waals surface area contributed by atoms with Gasteiger partial charge < -0.3 is 9.47 Å². The molecule has 0 spiro atoms. The standard InChI is InChI=1S/C23H27NO6S/c1-3-29-22-13-12-18(17(2)25)15-19(22)16-30-23(26)21-11-7-8-14-24(21)31(27,28)20-9-5-4-6-10-20/h4-6,9-10,12-13,15,21H,3,7-8,11,14,16H2,1-2H3. The van der Waals surface area contributed by atoms with E-state index >= 15 is 0 Å². The Hall–Kier alpha value is -2.71. The SMILES string of the molecule is CCOc1ccc(C(C)=O)cc1COC(=O)C1CCCCN1S(=O)(=O)c1ccccc1. The van der Waals surface area contributed by atoms with Gasteiger partial charge in [-0.2, -0.15) is 4.31 Å². The second-order valence-corrected chi connectivity index (χ2v) is 9.25. The van der Waals surface area contributed by atoms with E-state index in [0.29, 0.717) is 36.3 Å². The van der Waals surface area contributed by atoms with E-state index in [1.807, 2.05) is 6.92 Å². The summed E-state index contributed by atoms with van der Waals surface area (Å²) in [6.45, 7) is 3.88. The molecule has 31 heavy (non-hydrogen) atoms. The molecule has 0 aliphatic carbocycles. The molecule has 1 fully saturated rings. The van der Waals surface area contributed by atoms with Gasteiger partial charge in [0.2, 0.25) is 10.0 Å². The van der Waals surface area contributed by atoms with Crippen LogP contribution in [0.4, 0.5) is 0 Å². The van der Waals surface area contributed by atoms with E-state index in [4.69, 9.17) is 9.47 Å². The van der Waals surface area contributed by atoms with E-state index in [-0.39, 0.29) is 23.8 Å². The molecule has 0 saturated carbocycles. The van der Waals surface area contributed by atoms with Gasteiger partial charge in [-0.1, -0.05) is 18.2 Å². The Morgan fingerprint density at radius 3 is 2.52 bits per heavy atom. The number of sulfonamides is 1. The van der Waals surface area contributed by atoms with Crippen molar-refractivity contribution in [3.05, 3.63) is 59.7 Å². The Morgan fingerprint density at radius 1 is 1.10 bits per heavy atom. The van der Waals surface area contributed by atoms with E-state index < -0.39 is 22.0 Å². The molecule has 0 amide bonds. The van der Waals surface area contributed by atoms with Crippen LogP contribution in [0.2, 0.25) is 0 Å².